The molecule has 2 aliphatic heterocycles. The standard InChI is InChI=1S/C15H30N2/c1-14(2,3)12-7-8-16(9-12)13-10-17(11-13)15(4,5)6/h12-13H,7-11H2,1-6H3. The van der Waals surface area contributed by atoms with E-state index in [2.05, 4.69) is 51.3 Å². The van der Waals surface area contributed by atoms with Crippen LogP contribution in [0.4, 0.5) is 0 Å². The third-order valence-electron chi connectivity index (χ3n) is 4.77. The zero-order valence-electron chi connectivity index (χ0n) is 12.6. The Balaban J connectivity index is 1.81. The molecule has 2 heterocycles. The second-order valence-corrected chi connectivity index (χ2v) is 8.08. The van der Waals surface area contributed by atoms with Gasteiger partial charge in [-0.2, -0.15) is 0 Å². The molecule has 0 amide bonds. The van der Waals surface area contributed by atoms with Crippen LogP contribution >= 0.6 is 0 Å². The van der Waals surface area contributed by atoms with Gasteiger partial charge in [0.1, 0.15) is 0 Å². The van der Waals surface area contributed by atoms with Crippen molar-refractivity contribution in [2.45, 2.75) is 59.5 Å². The van der Waals surface area contributed by atoms with Crippen LogP contribution in [-0.2, 0) is 0 Å². The molecule has 0 aromatic carbocycles. The second-order valence-electron chi connectivity index (χ2n) is 8.08. The Kier molecular flexibility index (Phi) is 3.33. The number of hydrogen-bond acceptors (Lipinski definition) is 2. The first-order valence-corrected chi connectivity index (χ1v) is 7.17. The molecule has 2 fully saturated rings. The Bertz CT molecular complexity index is 266. The fourth-order valence-corrected chi connectivity index (χ4v) is 3.06. The van der Waals surface area contributed by atoms with Crippen LogP contribution in [0.3, 0.4) is 0 Å². The molecule has 1 unspecified atom stereocenters. The van der Waals surface area contributed by atoms with E-state index < -0.39 is 0 Å². The highest BCUT2D eigenvalue weighted by Crippen LogP contribution is 2.36. The molecule has 0 saturated carbocycles. The monoisotopic (exact) mass is 238 g/mol. The van der Waals surface area contributed by atoms with E-state index in [0.29, 0.717) is 11.0 Å². The summed E-state index contributed by atoms with van der Waals surface area (Å²) in [5, 5.41) is 0. The van der Waals surface area contributed by atoms with Crippen molar-refractivity contribution in [1.82, 2.24) is 9.80 Å². The van der Waals surface area contributed by atoms with Crippen molar-refractivity contribution in [1.29, 1.82) is 0 Å². The Morgan fingerprint density at radius 3 is 1.88 bits per heavy atom. The van der Waals surface area contributed by atoms with Crippen molar-refractivity contribution in [2.75, 3.05) is 26.2 Å². The van der Waals surface area contributed by atoms with E-state index in [9.17, 15) is 0 Å². The molecule has 0 radical (unpaired) electrons. The summed E-state index contributed by atoms with van der Waals surface area (Å²) in [7, 11) is 0. The highest BCUT2D eigenvalue weighted by molar-refractivity contribution is 4.97. The molecular weight excluding hydrogens is 208 g/mol. The predicted octanol–water partition coefficient (Wildman–Crippen LogP) is 2.84. The molecule has 2 rings (SSSR count). The molecule has 0 aliphatic carbocycles. The minimum atomic E-state index is 0.361. The van der Waals surface area contributed by atoms with Crippen LogP contribution in [0.5, 0.6) is 0 Å². The van der Waals surface area contributed by atoms with E-state index in [0.717, 1.165) is 12.0 Å². The van der Waals surface area contributed by atoms with Gasteiger partial charge in [0.15, 0.2) is 0 Å². The van der Waals surface area contributed by atoms with E-state index in [1.807, 2.05) is 0 Å². The van der Waals surface area contributed by atoms with Crippen LogP contribution in [0.1, 0.15) is 48.0 Å². The van der Waals surface area contributed by atoms with Crippen LogP contribution in [-0.4, -0.2) is 47.6 Å². The second kappa shape index (κ2) is 4.24. The summed E-state index contributed by atoms with van der Waals surface area (Å²) >= 11 is 0. The molecule has 0 aromatic heterocycles. The average Bonchev–Trinajstić information content (AvgIpc) is 2.45. The summed E-state index contributed by atoms with van der Waals surface area (Å²) < 4.78 is 0. The number of rotatable bonds is 1. The van der Waals surface area contributed by atoms with Crippen molar-refractivity contribution < 1.29 is 0 Å². The van der Waals surface area contributed by atoms with Crippen LogP contribution in [0.25, 0.3) is 0 Å². The van der Waals surface area contributed by atoms with Gasteiger partial charge in [0.25, 0.3) is 0 Å². The Morgan fingerprint density at radius 1 is 0.882 bits per heavy atom. The van der Waals surface area contributed by atoms with Crippen molar-refractivity contribution in [2.24, 2.45) is 11.3 Å². The maximum atomic E-state index is 2.73. The topological polar surface area (TPSA) is 6.48 Å². The molecular formula is C15H30N2. The van der Waals surface area contributed by atoms with Gasteiger partial charge in [-0.3, -0.25) is 9.80 Å². The van der Waals surface area contributed by atoms with Gasteiger partial charge in [0.2, 0.25) is 0 Å². The highest BCUT2D eigenvalue weighted by atomic mass is 15.3. The van der Waals surface area contributed by atoms with Crippen molar-refractivity contribution in [3.63, 3.8) is 0 Å². The summed E-state index contributed by atoms with van der Waals surface area (Å²) in [4.78, 5) is 5.33. The molecule has 0 bridgehead atoms. The van der Waals surface area contributed by atoms with E-state index in [-0.39, 0.29) is 0 Å². The van der Waals surface area contributed by atoms with Crippen molar-refractivity contribution >= 4 is 0 Å². The lowest BCUT2D eigenvalue weighted by Gasteiger charge is -2.51. The fourth-order valence-electron chi connectivity index (χ4n) is 3.06. The first-order valence-electron chi connectivity index (χ1n) is 7.17. The van der Waals surface area contributed by atoms with Crippen molar-refractivity contribution in [3.05, 3.63) is 0 Å². The van der Waals surface area contributed by atoms with Gasteiger partial charge in [-0.1, -0.05) is 20.8 Å². The van der Waals surface area contributed by atoms with Gasteiger partial charge in [0, 0.05) is 31.2 Å². The minimum absolute atomic E-state index is 0.361. The van der Waals surface area contributed by atoms with Gasteiger partial charge >= 0.3 is 0 Å². The van der Waals surface area contributed by atoms with Gasteiger partial charge in [-0.25, -0.2) is 0 Å². The summed E-state index contributed by atoms with van der Waals surface area (Å²) in [5.74, 6) is 0.895. The molecule has 2 saturated heterocycles. The Labute approximate surface area is 107 Å². The molecule has 17 heavy (non-hydrogen) atoms. The number of hydrogen-bond donors (Lipinski definition) is 0. The number of likely N-dealkylation sites (tertiary alicyclic amines) is 2. The Hall–Kier alpha value is -0.0800. The molecule has 2 nitrogen and oxygen atoms in total. The maximum Gasteiger partial charge on any atom is 0.0350 e. The maximum absolute atomic E-state index is 2.73. The summed E-state index contributed by atoms with van der Waals surface area (Å²) in [6.45, 7) is 19.4. The zero-order valence-corrected chi connectivity index (χ0v) is 12.6. The smallest absolute Gasteiger partial charge is 0.0350 e. The summed E-state index contributed by atoms with van der Waals surface area (Å²) in [6, 6.07) is 0.835. The molecule has 100 valence electrons. The van der Waals surface area contributed by atoms with Gasteiger partial charge < -0.3 is 0 Å². The van der Waals surface area contributed by atoms with Crippen LogP contribution < -0.4 is 0 Å². The SMILES string of the molecule is CC(C)(C)C1CCN(C2CN(C(C)(C)C)C2)C1. The molecule has 2 aliphatic rings. The minimum Gasteiger partial charge on any atom is -0.298 e. The van der Waals surface area contributed by atoms with E-state index in [1.165, 1.54) is 32.6 Å². The Morgan fingerprint density at radius 2 is 1.47 bits per heavy atom. The van der Waals surface area contributed by atoms with E-state index in [1.54, 1.807) is 0 Å². The molecule has 0 N–H and O–H groups in total. The molecule has 1 atom stereocenters. The quantitative estimate of drug-likeness (QED) is 0.693. The molecule has 0 spiro atoms. The van der Waals surface area contributed by atoms with E-state index >= 15 is 0 Å². The molecule has 0 aromatic rings. The largest absolute Gasteiger partial charge is 0.298 e. The van der Waals surface area contributed by atoms with Gasteiger partial charge in [-0.15, -0.1) is 0 Å². The number of nitrogens with zero attached hydrogens (tertiary/aromatic N) is 2. The van der Waals surface area contributed by atoms with Gasteiger partial charge in [-0.05, 0) is 45.1 Å². The first kappa shape index (κ1) is 13.4. The summed E-state index contributed by atoms with van der Waals surface area (Å²) in [5.41, 5.74) is 0.849. The zero-order chi connectivity index (χ0) is 12.8. The third kappa shape index (κ3) is 2.85. The normalized spacial score (nSPS) is 29.6. The van der Waals surface area contributed by atoms with Crippen LogP contribution in [0.15, 0.2) is 0 Å². The predicted molar refractivity (Wildman–Crippen MR) is 74.2 cm³/mol. The van der Waals surface area contributed by atoms with E-state index in [4.69, 9.17) is 0 Å². The fraction of sp³-hybridized carbons (Fsp3) is 1.00. The van der Waals surface area contributed by atoms with Crippen LogP contribution in [0.2, 0.25) is 0 Å². The molecule has 2 heteroatoms. The van der Waals surface area contributed by atoms with Crippen molar-refractivity contribution in [3.8, 4) is 0 Å². The highest BCUT2D eigenvalue weighted by Gasteiger charge is 2.41. The van der Waals surface area contributed by atoms with Crippen LogP contribution in [0, 0.1) is 11.3 Å². The average molecular weight is 238 g/mol. The lowest BCUT2D eigenvalue weighted by molar-refractivity contribution is -0.0164. The lowest BCUT2D eigenvalue weighted by Crippen LogP contribution is -2.64. The summed E-state index contributed by atoms with van der Waals surface area (Å²) in [6.07, 6.45) is 1.40. The first-order chi connectivity index (χ1) is 7.68. The van der Waals surface area contributed by atoms with Gasteiger partial charge in [0.05, 0.1) is 0 Å². The lowest BCUT2D eigenvalue weighted by atomic mass is 9.80. The third-order valence-corrected chi connectivity index (χ3v) is 4.77.